The summed E-state index contributed by atoms with van der Waals surface area (Å²) < 4.78 is 0. The number of urea groups is 1. The topological polar surface area (TPSA) is 95.6 Å². The molecule has 4 amide bonds. The molecular formula is C25H27N3O4. The molecule has 166 valence electrons. The normalized spacial score (nSPS) is 18.1. The van der Waals surface area contributed by atoms with Crippen molar-refractivity contribution >= 4 is 29.3 Å². The fraction of sp³-hybridized carbons (Fsp3) is 0.360. The minimum absolute atomic E-state index is 0.218. The van der Waals surface area contributed by atoms with Crippen molar-refractivity contribution in [1.29, 1.82) is 0 Å². The number of benzene rings is 2. The van der Waals surface area contributed by atoms with E-state index in [1.54, 1.807) is 48.5 Å². The number of carbonyl (C=O) groups is 4. The lowest BCUT2D eigenvalue weighted by Crippen LogP contribution is -2.47. The summed E-state index contributed by atoms with van der Waals surface area (Å²) in [6, 6.07) is 15.0. The third-order valence-corrected chi connectivity index (χ3v) is 6.24. The molecule has 1 spiro atoms. The molecule has 2 aromatic carbocycles. The lowest BCUT2D eigenvalue weighted by atomic mass is 9.84. The van der Waals surface area contributed by atoms with Gasteiger partial charge in [-0.15, -0.1) is 0 Å². The summed E-state index contributed by atoms with van der Waals surface area (Å²) >= 11 is 0. The number of nitrogens with zero attached hydrogens (tertiary/aromatic N) is 1. The van der Waals surface area contributed by atoms with E-state index in [0.29, 0.717) is 29.7 Å². The van der Waals surface area contributed by atoms with Crippen molar-refractivity contribution in [3.05, 3.63) is 65.7 Å². The van der Waals surface area contributed by atoms with Gasteiger partial charge in [0.1, 0.15) is 12.1 Å². The van der Waals surface area contributed by atoms with Crippen molar-refractivity contribution in [3.63, 3.8) is 0 Å². The first-order chi connectivity index (χ1) is 15.5. The van der Waals surface area contributed by atoms with E-state index in [-0.39, 0.29) is 18.2 Å². The number of para-hydroxylation sites is 1. The molecule has 1 aliphatic carbocycles. The maximum absolute atomic E-state index is 13.1. The molecule has 32 heavy (non-hydrogen) atoms. The maximum Gasteiger partial charge on any atom is 0.325 e. The molecule has 2 fully saturated rings. The second-order valence-corrected chi connectivity index (χ2v) is 8.46. The Hall–Kier alpha value is -3.48. The molecule has 1 saturated carbocycles. The van der Waals surface area contributed by atoms with Crippen LogP contribution in [0.3, 0.4) is 0 Å². The van der Waals surface area contributed by atoms with Gasteiger partial charge in [-0.1, -0.05) is 74.6 Å². The number of amides is 4. The van der Waals surface area contributed by atoms with Gasteiger partial charge in [-0.05, 0) is 25.0 Å². The molecule has 2 N–H and O–H groups in total. The van der Waals surface area contributed by atoms with Crippen LogP contribution in [-0.4, -0.2) is 40.6 Å². The van der Waals surface area contributed by atoms with Crippen molar-refractivity contribution in [2.45, 2.75) is 50.5 Å². The van der Waals surface area contributed by atoms with E-state index in [1.807, 2.05) is 6.07 Å². The number of imide groups is 1. The molecule has 1 saturated heterocycles. The van der Waals surface area contributed by atoms with E-state index in [2.05, 4.69) is 10.6 Å². The van der Waals surface area contributed by atoms with Gasteiger partial charge < -0.3 is 10.6 Å². The van der Waals surface area contributed by atoms with Gasteiger partial charge in [-0.2, -0.15) is 0 Å². The summed E-state index contributed by atoms with van der Waals surface area (Å²) in [5, 5.41) is 5.57. The van der Waals surface area contributed by atoms with E-state index in [0.717, 1.165) is 37.0 Å². The van der Waals surface area contributed by atoms with Crippen LogP contribution in [0.25, 0.3) is 0 Å². The molecule has 0 unspecified atom stereocenters. The van der Waals surface area contributed by atoms with Crippen molar-refractivity contribution in [2.75, 3.05) is 11.9 Å². The van der Waals surface area contributed by atoms with Crippen molar-refractivity contribution < 1.29 is 19.2 Å². The van der Waals surface area contributed by atoms with Crippen LogP contribution in [0.1, 0.15) is 60.9 Å². The average Bonchev–Trinajstić information content (AvgIpc) is 3.01. The Morgan fingerprint density at radius 1 is 0.875 bits per heavy atom. The second kappa shape index (κ2) is 9.34. The van der Waals surface area contributed by atoms with Gasteiger partial charge in [0.25, 0.3) is 5.91 Å². The number of ketones is 1. The molecule has 2 aromatic rings. The zero-order valence-corrected chi connectivity index (χ0v) is 17.9. The van der Waals surface area contributed by atoms with Crippen LogP contribution in [-0.2, 0) is 9.59 Å². The highest BCUT2D eigenvalue weighted by molar-refractivity contribution is 6.15. The zero-order chi connectivity index (χ0) is 22.6. The fourth-order valence-electron chi connectivity index (χ4n) is 4.54. The second-order valence-electron chi connectivity index (χ2n) is 8.46. The molecule has 1 heterocycles. The van der Waals surface area contributed by atoms with Gasteiger partial charge in [0.15, 0.2) is 5.78 Å². The molecule has 0 bridgehead atoms. The highest BCUT2D eigenvalue weighted by atomic mass is 16.2. The van der Waals surface area contributed by atoms with Crippen LogP contribution < -0.4 is 10.6 Å². The number of hydrogen-bond donors (Lipinski definition) is 2. The molecule has 7 nitrogen and oxygen atoms in total. The predicted molar refractivity (Wildman–Crippen MR) is 120 cm³/mol. The Morgan fingerprint density at radius 2 is 1.50 bits per heavy atom. The average molecular weight is 434 g/mol. The molecule has 0 radical (unpaired) electrons. The highest BCUT2D eigenvalue weighted by Gasteiger charge is 2.50. The summed E-state index contributed by atoms with van der Waals surface area (Å²) in [5.74, 6) is -1.07. The van der Waals surface area contributed by atoms with E-state index in [9.17, 15) is 19.2 Å². The molecular weight excluding hydrogens is 406 g/mol. The third kappa shape index (κ3) is 4.42. The molecule has 4 rings (SSSR count). The van der Waals surface area contributed by atoms with Crippen molar-refractivity contribution in [2.24, 2.45) is 0 Å². The van der Waals surface area contributed by atoms with Gasteiger partial charge in [0.2, 0.25) is 5.91 Å². The first kappa shape index (κ1) is 21.7. The zero-order valence-electron chi connectivity index (χ0n) is 17.9. The Bertz CT molecular complexity index is 1030. The van der Waals surface area contributed by atoms with Crippen molar-refractivity contribution in [3.8, 4) is 0 Å². The first-order valence-electron chi connectivity index (χ1n) is 11.1. The number of carbonyl (C=O) groups excluding carboxylic acids is 4. The van der Waals surface area contributed by atoms with Crippen LogP contribution in [0.2, 0.25) is 0 Å². The fourth-order valence-corrected chi connectivity index (χ4v) is 4.54. The lowest BCUT2D eigenvalue weighted by molar-refractivity contribution is -0.134. The van der Waals surface area contributed by atoms with Crippen LogP contribution in [0, 0.1) is 0 Å². The Kier molecular flexibility index (Phi) is 6.35. The van der Waals surface area contributed by atoms with Gasteiger partial charge >= 0.3 is 6.03 Å². The van der Waals surface area contributed by atoms with Crippen molar-refractivity contribution in [1.82, 2.24) is 10.2 Å². The minimum Gasteiger partial charge on any atom is -0.324 e. The van der Waals surface area contributed by atoms with Crippen LogP contribution in [0.4, 0.5) is 10.5 Å². The largest absolute Gasteiger partial charge is 0.325 e. The van der Waals surface area contributed by atoms with Gasteiger partial charge in [0, 0.05) is 11.1 Å². The lowest BCUT2D eigenvalue weighted by Gasteiger charge is -2.28. The van der Waals surface area contributed by atoms with Gasteiger partial charge in [-0.25, -0.2) is 4.79 Å². The summed E-state index contributed by atoms with van der Waals surface area (Å²) in [6.07, 6.45) is 6.18. The standard InChI is InChI=1S/C25H27N3O4/c29-21(17-28-23(31)25(27-24(28)32)15-9-2-1-3-10-16-25)26-20-14-8-7-13-19(20)22(30)18-11-5-4-6-12-18/h4-8,11-14H,1-3,9-10,15-17H2,(H,26,29)(H,27,32). The van der Waals surface area contributed by atoms with Gasteiger partial charge in [-0.3, -0.25) is 19.3 Å². The monoisotopic (exact) mass is 433 g/mol. The summed E-state index contributed by atoms with van der Waals surface area (Å²) in [5.41, 5.74) is 0.313. The Balaban J connectivity index is 1.47. The third-order valence-electron chi connectivity index (χ3n) is 6.24. The predicted octanol–water partition coefficient (Wildman–Crippen LogP) is 3.89. The Morgan fingerprint density at radius 3 is 2.22 bits per heavy atom. The number of nitrogens with one attached hydrogen (secondary N) is 2. The summed E-state index contributed by atoms with van der Waals surface area (Å²) in [7, 11) is 0. The molecule has 1 aliphatic heterocycles. The van der Waals surface area contributed by atoms with Gasteiger partial charge in [0.05, 0.1) is 5.69 Å². The number of rotatable bonds is 5. The molecule has 7 heteroatoms. The number of anilines is 1. The van der Waals surface area contributed by atoms with Crippen LogP contribution in [0.5, 0.6) is 0 Å². The molecule has 2 aliphatic rings. The number of hydrogen-bond acceptors (Lipinski definition) is 4. The maximum atomic E-state index is 13.1. The van der Waals surface area contributed by atoms with E-state index < -0.39 is 17.5 Å². The Labute approximate surface area is 187 Å². The van der Waals surface area contributed by atoms with E-state index in [1.165, 1.54) is 0 Å². The minimum atomic E-state index is -0.890. The summed E-state index contributed by atoms with van der Waals surface area (Å²) in [6.45, 7) is -0.389. The molecule has 0 aromatic heterocycles. The summed E-state index contributed by atoms with van der Waals surface area (Å²) in [4.78, 5) is 52.3. The SMILES string of the molecule is O=C(CN1C(=O)NC2(CCCCCCC2)C1=O)Nc1ccccc1C(=O)c1ccccc1. The van der Waals surface area contributed by atoms with Crippen LogP contribution in [0.15, 0.2) is 54.6 Å². The smallest absolute Gasteiger partial charge is 0.324 e. The quantitative estimate of drug-likeness (QED) is 0.552. The van der Waals surface area contributed by atoms with E-state index in [4.69, 9.17) is 0 Å². The van der Waals surface area contributed by atoms with Crippen LogP contribution >= 0.6 is 0 Å². The highest BCUT2D eigenvalue weighted by Crippen LogP contribution is 2.32. The first-order valence-corrected chi connectivity index (χ1v) is 11.1. The van der Waals surface area contributed by atoms with E-state index >= 15 is 0 Å². The molecule has 0 atom stereocenters.